The number of aryl methyl sites for hydroxylation is 1. The molecular formula is C24H27N5O4. The molecule has 0 atom stereocenters. The monoisotopic (exact) mass is 449 g/mol. The quantitative estimate of drug-likeness (QED) is 0.394. The van der Waals surface area contributed by atoms with Crippen LogP contribution in [-0.2, 0) is 29.2 Å². The van der Waals surface area contributed by atoms with E-state index in [1.807, 2.05) is 44.2 Å². The predicted molar refractivity (Wildman–Crippen MR) is 125 cm³/mol. The van der Waals surface area contributed by atoms with E-state index in [4.69, 9.17) is 4.74 Å². The lowest BCUT2D eigenvalue weighted by molar-refractivity contribution is -0.122. The van der Waals surface area contributed by atoms with Crippen molar-refractivity contribution in [3.05, 3.63) is 81.0 Å². The summed E-state index contributed by atoms with van der Waals surface area (Å²) < 4.78 is 9.56. The number of fused-ring (bicyclic) bond motifs is 3. The highest BCUT2D eigenvalue weighted by Gasteiger charge is 2.18. The van der Waals surface area contributed by atoms with Gasteiger partial charge in [0.05, 0.1) is 17.0 Å². The molecule has 0 radical (unpaired) electrons. The molecule has 2 heterocycles. The Morgan fingerprint density at radius 2 is 1.79 bits per heavy atom. The van der Waals surface area contributed by atoms with E-state index in [0.717, 1.165) is 10.2 Å². The van der Waals surface area contributed by atoms with E-state index in [-0.39, 0.29) is 29.9 Å². The van der Waals surface area contributed by atoms with Crippen LogP contribution < -0.4 is 16.6 Å². The number of ether oxygens (including phenoxy) is 1. The van der Waals surface area contributed by atoms with Crippen LogP contribution in [0.5, 0.6) is 0 Å². The van der Waals surface area contributed by atoms with Gasteiger partial charge in [-0.1, -0.05) is 42.5 Å². The molecule has 1 N–H and O–H groups in total. The third-order valence-corrected chi connectivity index (χ3v) is 5.29. The lowest BCUT2D eigenvalue weighted by Gasteiger charge is -2.11. The topological polar surface area (TPSA) is 99.6 Å². The van der Waals surface area contributed by atoms with E-state index >= 15 is 0 Å². The number of carbonyl (C=O) groups is 1. The van der Waals surface area contributed by atoms with Crippen molar-refractivity contribution in [2.75, 3.05) is 6.61 Å². The van der Waals surface area contributed by atoms with Crippen LogP contribution >= 0.6 is 0 Å². The summed E-state index contributed by atoms with van der Waals surface area (Å²) in [5, 5.41) is 7.58. The molecule has 0 aliphatic rings. The maximum absolute atomic E-state index is 13.2. The fraction of sp³-hybridized carbons (Fsp3) is 0.333. The van der Waals surface area contributed by atoms with Crippen molar-refractivity contribution in [1.29, 1.82) is 0 Å². The normalized spacial score (nSPS) is 11.5. The second-order valence-corrected chi connectivity index (χ2v) is 8.09. The molecule has 0 bridgehead atoms. The summed E-state index contributed by atoms with van der Waals surface area (Å²) in [6, 6.07) is 16.4. The number of aromatic nitrogens is 4. The molecule has 4 aromatic rings. The van der Waals surface area contributed by atoms with Crippen molar-refractivity contribution < 1.29 is 9.53 Å². The maximum atomic E-state index is 13.2. The Morgan fingerprint density at radius 3 is 2.55 bits per heavy atom. The molecule has 4 rings (SSSR count). The van der Waals surface area contributed by atoms with E-state index in [9.17, 15) is 14.4 Å². The van der Waals surface area contributed by atoms with Gasteiger partial charge in [0.15, 0.2) is 0 Å². The fourth-order valence-corrected chi connectivity index (χ4v) is 3.70. The fourth-order valence-electron chi connectivity index (χ4n) is 3.70. The van der Waals surface area contributed by atoms with Crippen LogP contribution in [0.25, 0.3) is 16.7 Å². The molecule has 9 nitrogen and oxygen atoms in total. The number of rotatable bonds is 9. The van der Waals surface area contributed by atoms with Crippen LogP contribution in [0.1, 0.15) is 25.8 Å². The van der Waals surface area contributed by atoms with Gasteiger partial charge in [-0.2, -0.15) is 0 Å². The Labute approximate surface area is 190 Å². The Morgan fingerprint density at radius 1 is 1.06 bits per heavy atom. The molecule has 1 amide bonds. The standard InChI is InChI=1S/C24H27N5O4/c1-17(2)33-14-8-13-27-22(31)19-11-6-7-12-20(19)29-23(27)26-28(24(29)32)16-21(30)25-15-18-9-4-3-5-10-18/h3-7,9-12,17H,8,13-16H2,1-2H3,(H,25,30). The van der Waals surface area contributed by atoms with Crippen LogP contribution in [0.15, 0.2) is 64.2 Å². The Balaban J connectivity index is 1.66. The number of carbonyl (C=O) groups excluding carboxylic acids is 1. The highest BCUT2D eigenvalue weighted by Crippen LogP contribution is 2.11. The lowest BCUT2D eigenvalue weighted by Crippen LogP contribution is -2.32. The van der Waals surface area contributed by atoms with Crippen LogP contribution in [0.4, 0.5) is 0 Å². The minimum atomic E-state index is -0.469. The van der Waals surface area contributed by atoms with Gasteiger partial charge in [0.25, 0.3) is 5.56 Å². The summed E-state index contributed by atoms with van der Waals surface area (Å²) in [6.45, 7) is 4.83. The van der Waals surface area contributed by atoms with Crippen LogP contribution in [-0.4, -0.2) is 37.4 Å². The third-order valence-electron chi connectivity index (χ3n) is 5.29. The van der Waals surface area contributed by atoms with Crippen molar-refractivity contribution >= 4 is 22.6 Å². The molecule has 0 spiro atoms. The smallest absolute Gasteiger partial charge is 0.352 e. The average Bonchev–Trinajstić information content (AvgIpc) is 3.13. The zero-order valence-electron chi connectivity index (χ0n) is 18.7. The molecule has 2 aromatic carbocycles. The van der Waals surface area contributed by atoms with Gasteiger partial charge in [-0.25, -0.2) is 13.9 Å². The van der Waals surface area contributed by atoms with Gasteiger partial charge in [0.1, 0.15) is 6.54 Å². The van der Waals surface area contributed by atoms with Crippen LogP contribution in [0.3, 0.4) is 0 Å². The first-order valence-corrected chi connectivity index (χ1v) is 11.0. The average molecular weight is 450 g/mol. The second kappa shape index (κ2) is 9.83. The largest absolute Gasteiger partial charge is 0.379 e. The molecule has 2 aromatic heterocycles. The number of hydrogen-bond donors (Lipinski definition) is 1. The number of benzene rings is 2. The molecular weight excluding hydrogens is 422 g/mol. The van der Waals surface area contributed by atoms with E-state index in [1.165, 1.54) is 8.97 Å². The second-order valence-electron chi connectivity index (χ2n) is 8.09. The summed E-state index contributed by atoms with van der Waals surface area (Å²) >= 11 is 0. The zero-order chi connectivity index (χ0) is 23.4. The van der Waals surface area contributed by atoms with Crippen molar-refractivity contribution in [2.45, 2.75) is 46.0 Å². The van der Waals surface area contributed by atoms with Crippen molar-refractivity contribution in [3.63, 3.8) is 0 Å². The molecule has 33 heavy (non-hydrogen) atoms. The minimum Gasteiger partial charge on any atom is -0.379 e. The van der Waals surface area contributed by atoms with Gasteiger partial charge < -0.3 is 10.1 Å². The third kappa shape index (κ3) is 4.88. The van der Waals surface area contributed by atoms with Crippen molar-refractivity contribution in [2.24, 2.45) is 0 Å². The first-order valence-electron chi connectivity index (χ1n) is 11.0. The van der Waals surface area contributed by atoms with Crippen molar-refractivity contribution in [1.82, 2.24) is 24.1 Å². The van der Waals surface area contributed by atoms with Gasteiger partial charge in [-0.05, 0) is 38.0 Å². The molecule has 0 saturated carbocycles. The molecule has 0 aliphatic heterocycles. The molecule has 0 saturated heterocycles. The lowest BCUT2D eigenvalue weighted by atomic mass is 10.2. The first kappa shape index (κ1) is 22.5. The zero-order valence-corrected chi connectivity index (χ0v) is 18.7. The van der Waals surface area contributed by atoms with Gasteiger partial charge in [0, 0.05) is 19.7 Å². The van der Waals surface area contributed by atoms with E-state index in [0.29, 0.717) is 37.0 Å². The number of hydrogen-bond acceptors (Lipinski definition) is 5. The maximum Gasteiger partial charge on any atom is 0.352 e. The van der Waals surface area contributed by atoms with Gasteiger partial charge >= 0.3 is 5.69 Å². The number of para-hydroxylation sites is 1. The highest BCUT2D eigenvalue weighted by molar-refractivity contribution is 5.80. The number of nitrogens with zero attached hydrogens (tertiary/aromatic N) is 4. The van der Waals surface area contributed by atoms with Crippen LogP contribution in [0.2, 0.25) is 0 Å². The van der Waals surface area contributed by atoms with Crippen LogP contribution in [0, 0.1) is 0 Å². The number of nitrogens with one attached hydrogen (secondary N) is 1. The summed E-state index contributed by atoms with van der Waals surface area (Å²) in [7, 11) is 0. The SMILES string of the molecule is CC(C)OCCCn1c(=O)c2ccccc2n2c(=O)n(CC(=O)NCc3ccccc3)nc12. The van der Waals surface area contributed by atoms with E-state index < -0.39 is 5.69 Å². The molecule has 0 unspecified atom stereocenters. The number of amides is 1. The highest BCUT2D eigenvalue weighted by atomic mass is 16.5. The summed E-state index contributed by atoms with van der Waals surface area (Å²) in [5.74, 6) is -0.128. The first-order chi connectivity index (χ1) is 16.0. The van der Waals surface area contributed by atoms with Crippen molar-refractivity contribution in [3.8, 4) is 0 Å². The molecule has 0 fully saturated rings. The van der Waals surface area contributed by atoms with E-state index in [1.54, 1.807) is 24.3 Å². The summed E-state index contributed by atoms with van der Waals surface area (Å²) in [5.41, 5.74) is 0.723. The Hall–Kier alpha value is -3.72. The summed E-state index contributed by atoms with van der Waals surface area (Å²) in [4.78, 5) is 38.8. The predicted octanol–water partition coefficient (Wildman–Crippen LogP) is 1.94. The Bertz CT molecular complexity index is 1390. The van der Waals surface area contributed by atoms with Gasteiger partial charge in [0.2, 0.25) is 11.7 Å². The molecule has 172 valence electrons. The molecule has 0 aliphatic carbocycles. The minimum absolute atomic E-state index is 0.0922. The summed E-state index contributed by atoms with van der Waals surface area (Å²) in [6.07, 6.45) is 0.680. The Kier molecular flexibility index (Phi) is 6.69. The van der Waals surface area contributed by atoms with Gasteiger partial charge in [-0.3, -0.25) is 14.2 Å². The van der Waals surface area contributed by atoms with Gasteiger partial charge in [-0.15, -0.1) is 5.10 Å². The van der Waals surface area contributed by atoms with E-state index in [2.05, 4.69) is 10.4 Å². The molecule has 9 heteroatoms.